The van der Waals surface area contributed by atoms with Crippen LogP contribution in [-0.2, 0) is 4.74 Å². The van der Waals surface area contributed by atoms with E-state index in [0.29, 0.717) is 0 Å². The zero-order valence-electron chi connectivity index (χ0n) is 10.2. The van der Waals surface area contributed by atoms with Crippen LogP contribution in [0.3, 0.4) is 0 Å². The molecule has 0 spiro atoms. The third-order valence-corrected chi connectivity index (χ3v) is 3.26. The number of amides is 1. The zero-order chi connectivity index (χ0) is 13.2. The fourth-order valence-electron chi connectivity index (χ4n) is 1.97. The molecule has 2 atom stereocenters. The van der Waals surface area contributed by atoms with E-state index in [1.807, 2.05) is 18.2 Å². The predicted octanol–water partition coefficient (Wildman–Crippen LogP) is 0.923. The number of β-amino-alcohol motifs (C(OH)–C–C–N with tert-alkyl or cyclic N) is 1. The molecule has 5 heteroatoms. The van der Waals surface area contributed by atoms with E-state index in [4.69, 9.17) is 4.74 Å². The molecular weight excluding hydrogens is 234 g/mol. The van der Waals surface area contributed by atoms with Crippen LogP contribution in [0.5, 0.6) is 0 Å². The van der Waals surface area contributed by atoms with E-state index >= 15 is 0 Å². The zero-order valence-corrected chi connectivity index (χ0v) is 10.2. The first-order chi connectivity index (χ1) is 8.57. The number of aliphatic hydroxyl groups excluding tert-OH is 2. The highest BCUT2D eigenvalue weighted by Crippen LogP contribution is 2.26. The molecule has 98 valence electrons. The molecule has 0 aromatic heterocycles. The molecule has 0 aliphatic carbocycles. The molecular formula is C13H17NO4. The number of carbonyl (C=O) groups excluding carboxylic acids is 1. The molecule has 1 aliphatic heterocycles. The first-order valence-electron chi connectivity index (χ1n) is 5.85. The van der Waals surface area contributed by atoms with Gasteiger partial charge in [-0.15, -0.1) is 0 Å². The van der Waals surface area contributed by atoms with Gasteiger partial charge in [-0.3, -0.25) is 4.90 Å². The summed E-state index contributed by atoms with van der Waals surface area (Å²) in [5.41, 5.74) is -0.0233. The van der Waals surface area contributed by atoms with Gasteiger partial charge in [0.05, 0.1) is 19.3 Å². The monoisotopic (exact) mass is 251 g/mol. The molecule has 1 heterocycles. The second kappa shape index (κ2) is 4.96. The van der Waals surface area contributed by atoms with Crippen LogP contribution in [0.15, 0.2) is 30.3 Å². The van der Waals surface area contributed by atoms with Crippen LogP contribution in [0.25, 0.3) is 0 Å². The number of ether oxygens (including phenoxy) is 1. The molecule has 0 bridgehead atoms. The average molecular weight is 251 g/mol. The number of hydrogen-bond donors (Lipinski definition) is 2. The number of rotatable bonds is 4. The van der Waals surface area contributed by atoms with E-state index in [2.05, 4.69) is 0 Å². The molecule has 1 saturated heterocycles. The van der Waals surface area contributed by atoms with E-state index < -0.39 is 17.7 Å². The number of nitrogens with zero attached hydrogens (tertiary/aromatic N) is 1. The summed E-state index contributed by atoms with van der Waals surface area (Å²) in [6.45, 7) is 1.79. The van der Waals surface area contributed by atoms with Crippen molar-refractivity contribution in [3.63, 3.8) is 0 Å². The van der Waals surface area contributed by atoms with Crippen molar-refractivity contribution in [1.82, 2.24) is 4.90 Å². The van der Waals surface area contributed by atoms with Crippen molar-refractivity contribution in [2.75, 3.05) is 19.8 Å². The topological polar surface area (TPSA) is 70.0 Å². The van der Waals surface area contributed by atoms with E-state index in [-0.39, 0.29) is 19.8 Å². The van der Waals surface area contributed by atoms with Crippen molar-refractivity contribution < 1.29 is 19.7 Å². The van der Waals surface area contributed by atoms with Gasteiger partial charge >= 0.3 is 6.09 Å². The molecule has 1 aliphatic rings. The molecule has 0 radical (unpaired) electrons. The van der Waals surface area contributed by atoms with Gasteiger partial charge < -0.3 is 14.9 Å². The maximum Gasteiger partial charge on any atom is 0.410 e. The van der Waals surface area contributed by atoms with Crippen LogP contribution in [0.1, 0.15) is 18.6 Å². The van der Waals surface area contributed by atoms with Crippen LogP contribution < -0.4 is 0 Å². The summed E-state index contributed by atoms with van der Waals surface area (Å²) in [5.74, 6) is 0. The van der Waals surface area contributed by atoms with E-state index in [0.717, 1.165) is 5.56 Å². The van der Waals surface area contributed by atoms with Gasteiger partial charge in [-0.25, -0.2) is 4.79 Å². The highest BCUT2D eigenvalue weighted by atomic mass is 16.6. The SMILES string of the molecule is CC1(CO)COC(=O)N1CC(O)c1ccccc1. The highest BCUT2D eigenvalue weighted by Gasteiger charge is 2.44. The third-order valence-electron chi connectivity index (χ3n) is 3.26. The van der Waals surface area contributed by atoms with Gasteiger partial charge in [-0.05, 0) is 12.5 Å². The number of carbonyl (C=O) groups is 1. The van der Waals surface area contributed by atoms with Gasteiger partial charge in [0.2, 0.25) is 0 Å². The van der Waals surface area contributed by atoms with Gasteiger partial charge in [0.15, 0.2) is 0 Å². The summed E-state index contributed by atoms with van der Waals surface area (Å²) in [5, 5.41) is 19.4. The Balaban J connectivity index is 2.11. The maximum absolute atomic E-state index is 11.6. The minimum atomic E-state index is -0.789. The Morgan fingerprint density at radius 3 is 2.72 bits per heavy atom. The summed E-state index contributed by atoms with van der Waals surface area (Å²) < 4.78 is 4.92. The minimum absolute atomic E-state index is 0.111. The quantitative estimate of drug-likeness (QED) is 0.835. The van der Waals surface area contributed by atoms with Crippen LogP contribution in [0, 0.1) is 0 Å². The van der Waals surface area contributed by atoms with Crippen LogP contribution in [-0.4, -0.2) is 46.5 Å². The normalized spacial score (nSPS) is 25.1. The Morgan fingerprint density at radius 1 is 1.44 bits per heavy atom. The Hall–Kier alpha value is -1.59. The molecule has 1 amide bonds. The predicted molar refractivity (Wildman–Crippen MR) is 64.9 cm³/mol. The van der Waals surface area contributed by atoms with E-state index in [9.17, 15) is 15.0 Å². The number of hydrogen-bond acceptors (Lipinski definition) is 4. The lowest BCUT2D eigenvalue weighted by Gasteiger charge is -2.31. The third kappa shape index (κ3) is 2.32. The largest absolute Gasteiger partial charge is 0.447 e. The van der Waals surface area contributed by atoms with Crippen molar-refractivity contribution in [1.29, 1.82) is 0 Å². The van der Waals surface area contributed by atoms with Crippen molar-refractivity contribution in [3.05, 3.63) is 35.9 Å². The second-order valence-corrected chi connectivity index (χ2v) is 4.75. The lowest BCUT2D eigenvalue weighted by atomic mass is 10.0. The number of cyclic esters (lactones) is 1. The summed E-state index contributed by atoms with van der Waals surface area (Å²) in [7, 11) is 0. The Labute approximate surface area is 106 Å². The Bertz CT molecular complexity index is 422. The molecule has 1 aromatic carbocycles. The van der Waals surface area contributed by atoms with Gasteiger partial charge in [-0.1, -0.05) is 30.3 Å². The molecule has 2 N–H and O–H groups in total. The van der Waals surface area contributed by atoms with Crippen molar-refractivity contribution in [3.8, 4) is 0 Å². The summed E-state index contributed by atoms with van der Waals surface area (Å²) in [6, 6.07) is 9.10. The van der Waals surface area contributed by atoms with E-state index in [1.54, 1.807) is 19.1 Å². The van der Waals surface area contributed by atoms with E-state index in [1.165, 1.54) is 4.90 Å². The fraction of sp³-hybridized carbons (Fsp3) is 0.462. The van der Waals surface area contributed by atoms with Gasteiger partial charge in [-0.2, -0.15) is 0 Å². The van der Waals surface area contributed by atoms with Gasteiger partial charge in [0, 0.05) is 0 Å². The van der Waals surface area contributed by atoms with Crippen molar-refractivity contribution in [2.24, 2.45) is 0 Å². The fourth-order valence-corrected chi connectivity index (χ4v) is 1.97. The Morgan fingerprint density at radius 2 is 2.11 bits per heavy atom. The molecule has 18 heavy (non-hydrogen) atoms. The Kier molecular flexibility index (Phi) is 3.54. The van der Waals surface area contributed by atoms with Crippen molar-refractivity contribution >= 4 is 6.09 Å². The molecule has 5 nitrogen and oxygen atoms in total. The lowest BCUT2D eigenvalue weighted by Crippen LogP contribution is -2.49. The lowest BCUT2D eigenvalue weighted by molar-refractivity contribution is 0.0583. The number of benzene rings is 1. The number of aliphatic hydroxyl groups is 2. The minimum Gasteiger partial charge on any atom is -0.447 e. The van der Waals surface area contributed by atoms with Crippen LogP contribution >= 0.6 is 0 Å². The van der Waals surface area contributed by atoms with Crippen LogP contribution in [0.2, 0.25) is 0 Å². The molecule has 1 aromatic rings. The molecule has 2 rings (SSSR count). The van der Waals surface area contributed by atoms with Crippen molar-refractivity contribution in [2.45, 2.75) is 18.6 Å². The summed E-state index contributed by atoms with van der Waals surface area (Å²) >= 11 is 0. The van der Waals surface area contributed by atoms with Gasteiger partial charge in [0.25, 0.3) is 0 Å². The van der Waals surface area contributed by atoms with Crippen LogP contribution in [0.4, 0.5) is 4.79 Å². The highest BCUT2D eigenvalue weighted by molar-refractivity contribution is 5.71. The van der Waals surface area contributed by atoms with Gasteiger partial charge in [0.1, 0.15) is 12.1 Å². The standard InChI is InChI=1S/C13H17NO4/c1-13(8-15)9-18-12(17)14(13)7-11(16)10-5-3-2-4-6-10/h2-6,11,15-16H,7-9H2,1H3. The molecule has 1 fully saturated rings. The first kappa shape index (κ1) is 12.9. The average Bonchev–Trinajstić information content (AvgIpc) is 2.69. The molecule has 2 unspecified atom stereocenters. The maximum atomic E-state index is 11.6. The molecule has 0 saturated carbocycles. The first-order valence-corrected chi connectivity index (χ1v) is 5.85. The summed E-state index contributed by atoms with van der Waals surface area (Å²) in [6.07, 6.45) is -1.29. The second-order valence-electron chi connectivity index (χ2n) is 4.75. The smallest absolute Gasteiger partial charge is 0.410 e. The summed E-state index contributed by atoms with van der Waals surface area (Å²) in [4.78, 5) is 13.0.